The quantitative estimate of drug-likeness (QED) is 0.518. The van der Waals surface area contributed by atoms with Crippen LogP contribution in [-0.4, -0.2) is 101 Å². The predicted molar refractivity (Wildman–Crippen MR) is 113 cm³/mol. The smallest absolute Gasteiger partial charge is 0.311 e. The highest BCUT2D eigenvalue weighted by Crippen LogP contribution is 2.23. The number of ether oxygens (including phenoxy) is 1. The van der Waals surface area contributed by atoms with Crippen molar-refractivity contribution in [3.8, 4) is 0 Å². The van der Waals surface area contributed by atoms with E-state index in [0.717, 1.165) is 12.8 Å². The zero-order chi connectivity index (χ0) is 22.9. The normalized spacial score (nSPS) is 21.3. The lowest BCUT2D eigenvalue weighted by atomic mass is 10.3. The molecule has 13 heteroatoms. The second-order valence-electron chi connectivity index (χ2n) is 7.93. The zero-order valence-electron chi connectivity index (χ0n) is 17.5. The van der Waals surface area contributed by atoms with E-state index in [2.05, 4.69) is 5.32 Å². The lowest BCUT2D eigenvalue weighted by molar-refractivity contribution is -0.146. The van der Waals surface area contributed by atoms with Crippen molar-refractivity contribution < 1.29 is 31.2 Å². The van der Waals surface area contributed by atoms with E-state index < -0.39 is 31.9 Å². The van der Waals surface area contributed by atoms with Gasteiger partial charge in [0.05, 0.1) is 23.0 Å². The summed E-state index contributed by atoms with van der Waals surface area (Å²) in [5, 5.41) is 2.64. The summed E-state index contributed by atoms with van der Waals surface area (Å²) in [5.74, 6) is -1.30. The van der Waals surface area contributed by atoms with Crippen LogP contribution in [0.2, 0.25) is 0 Å². The van der Waals surface area contributed by atoms with Crippen molar-refractivity contribution in [2.45, 2.75) is 28.7 Å². The first-order chi connectivity index (χ1) is 15.2. The standard InChI is InChI=1S/C19H26N4O7S2/c24-18(20-15-1-2-15)19(25)21-7-9-22(10-8-21)31(26,27)16-3-5-17(6-4-16)32(28,29)23-11-13-30-14-12-23/h3-6,15H,1-2,7-14H2,(H,20,24). The Morgan fingerprint density at radius 2 is 1.25 bits per heavy atom. The van der Waals surface area contributed by atoms with E-state index in [1.807, 2.05) is 0 Å². The van der Waals surface area contributed by atoms with Crippen LogP contribution in [0.1, 0.15) is 12.8 Å². The average Bonchev–Trinajstić information content (AvgIpc) is 3.63. The summed E-state index contributed by atoms with van der Waals surface area (Å²) in [7, 11) is -7.58. The van der Waals surface area contributed by atoms with Crippen LogP contribution >= 0.6 is 0 Å². The largest absolute Gasteiger partial charge is 0.379 e. The van der Waals surface area contributed by atoms with Gasteiger partial charge in [-0.2, -0.15) is 8.61 Å². The first-order valence-electron chi connectivity index (χ1n) is 10.5. The third-order valence-electron chi connectivity index (χ3n) is 5.70. The van der Waals surface area contributed by atoms with Crippen LogP contribution in [0.15, 0.2) is 34.1 Å². The SMILES string of the molecule is O=C(NC1CC1)C(=O)N1CCN(S(=O)(=O)c2ccc(S(=O)(=O)N3CCOCC3)cc2)CC1. The molecule has 0 spiro atoms. The molecule has 0 radical (unpaired) electrons. The first-order valence-corrected chi connectivity index (χ1v) is 13.4. The summed E-state index contributed by atoms with van der Waals surface area (Å²) in [6, 6.07) is 5.22. The number of piperazine rings is 1. The van der Waals surface area contributed by atoms with Gasteiger partial charge < -0.3 is 15.0 Å². The summed E-state index contributed by atoms with van der Waals surface area (Å²) in [4.78, 5) is 25.5. The minimum Gasteiger partial charge on any atom is -0.379 e. The van der Waals surface area contributed by atoms with Gasteiger partial charge in [0.2, 0.25) is 20.0 Å². The van der Waals surface area contributed by atoms with E-state index >= 15 is 0 Å². The Labute approximate surface area is 187 Å². The second kappa shape index (κ2) is 9.06. The maximum Gasteiger partial charge on any atom is 0.311 e. The summed E-state index contributed by atoms with van der Waals surface area (Å²) in [6.45, 7) is 1.48. The van der Waals surface area contributed by atoms with E-state index in [0.29, 0.717) is 13.2 Å². The molecule has 176 valence electrons. The van der Waals surface area contributed by atoms with Crippen LogP contribution < -0.4 is 5.32 Å². The minimum absolute atomic E-state index is 0.0234. The van der Waals surface area contributed by atoms with Gasteiger partial charge in [-0.25, -0.2) is 16.8 Å². The van der Waals surface area contributed by atoms with E-state index in [9.17, 15) is 26.4 Å². The molecule has 4 rings (SSSR count). The fourth-order valence-electron chi connectivity index (χ4n) is 3.62. The number of hydrogen-bond acceptors (Lipinski definition) is 7. The molecule has 3 fully saturated rings. The number of carbonyl (C=O) groups excluding carboxylic acids is 2. The maximum atomic E-state index is 13.0. The molecular weight excluding hydrogens is 460 g/mol. The molecule has 1 saturated carbocycles. The lowest BCUT2D eigenvalue weighted by Crippen LogP contribution is -2.53. The van der Waals surface area contributed by atoms with Crippen molar-refractivity contribution in [2.24, 2.45) is 0 Å². The van der Waals surface area contributed by atoms with Gasteiger partial charge in [-0.3, -0.25) is 9.59 Å². The number of carbonyl (C=O) groups is 2. The number of nitrogens with one attached hydrogen (secondary N) is 1. The molecule has 2 amide bonds. The fraction of sp³-hybridized carbons (Fsp3) is 0.579. The molecule has 2 saturated heterocycles. The highest BCUT2D eigenvalue weighted by molar-refractivity contribution is 7.89. The van der Waals surface area contributed by atoms with Crippen molar-refractivity contribution in [3.05, 3.63) is 24.3 Å². The van der Waals surface area contributed by atoms with Gasteiger partial charge in [0, 0.05) is 45.3 Å². The van der Waals surface area contributed by atoms with E-state index in [1.165, 1.54) is 37.8 Å². The molecule has 11 nitrogen and oxygen atoms in total. The van der Waals surface area contributed by atoms with Crippen LogP contribution in [0.5, 0.6) is 0 Å². The van der Waals surface area contributed by atoms with Crippen molar-refractivity contribution in [3.63, 3.8) is 0 Å². The number of morpholine rings is 1. The molecule has 1 N–H and O–H groups in total. The fourth-order valence-corrected chi connectivity index (χ4v) is 6.45. The highest BCUT2D eigenvalue weighted by atomic mass is 32.2. The summed E-state index contributed by atoms with van der Waals surface area (Å²) in [6.07, 6.45) is 1.75. The van der Waals surface area contributed by atoms with Crippen LogP contribution in [0.4, 0.5) is 0 Å². The first kappa shape index (κ1) is 23.1. The number of benzene rings is 1. The molecule has 0 unspecified atom stereocenters. The molecule has 1 aliphatic carbocycles. The van der Waals surface area contributed by atoms with Gasteiger partial charge in [0.15, 0.2) is 0 Å². The lowest BCUT2D eigenvalue weighted by Gasteiger charge is -2.33. The van der Waals surface area contributed by atoms with Crippen LogP contribution in [0.25, 0.3) is 0 Å². The Hall–Kier alpha value is -2.06. The average molecular weight is 487 g/mol. The number of amides is 2. The van der Waals surface area contributed by atoms with Gasteiger partial charge >= 0.3 is 11.8 Å². The predicted octanol–water partition coefficient (Wildman–Crippen LogP) is -1.18. The molecule has 0 atom stereocenters. The van der Waals surface area contributed by atoms with Gasteiger partial charge in [-0.1, -0.05) is 0 Å². The number of sulfonamides is 2. The Morgan fingerprint density at radius 3 is 1.72 bits per heavy atom. The van der Waals surface area contributed by atoms with Gasteiger partial charge in [0.1, 0.15) is 0 Å². The highest BCUT2D eigenvalue weighted by Gasteiger charge is 2.34. The number of nitrogens with zero attached hydrogens (tertiary/aromatic N) is 3. The van der Waals surface area contributed by atoms with Crippen molar-refractivity contribution in [1.82, 2.24) is 18.8 Å². The second-order valence-corrected chi connectivity index (χ2v) is 11.8. The Kier molecular flexibility index (Phi) is 6.54. The molecule has 1 aromatic rings. The summed E-state index contributed by atoms with van der Waals surface area (Å²) >= 11 is 0. The summed E-state index contributed by atoms with van der Waals surface area (Å²) in [5.41, 5.74) is 0. The van der Waals surface area contributed by atoms with E-state index in [-0.39, 0.29) is 55.1 Å². The van der Waals surface area contributed by atoms with E-state index in [4.69, 9.17) is 4.74 Å². The number of hydrogen-bond donors (Lipinski definition) is 1. The Bertz CT molecular complexity index is 1070. The van der Waals surface area contributed by atoms with E-state index in [1.54, 1.807) is 0 Å². The topological polar surface area (TPSA) is 133 Å². The molecule has 0 bridgehead atoms. The van der Waals surface area contributed by atoms with Gasteiger partial charge in [0.25, 0.3) is 0 Å². The summed E-state index contributed by atoms with van der Waals surface area (Å²) < 4.78 is 59.1. The Morgan fingerprint density at radius 1 is 0.781 bits per heavy atom. The third kappa shape index (κ3) is 4.81. The molecule has 3 aliphatic rings. The van der Waals surface area contributed by atoms with Crippen LogP contribution in [0.3, 0.4) is 0 Å². The minimum atomic E-state index is -3.86. The van der Waals surface area contributed by atoms with Crippen molar-refractivity contribution in [1.29, 1.82) is 0 Å². The molecule has 0 aromatic heterocycles. The monoisotopic (exact) mass is 486 g/mol. The molecule has 32 heavy (non-hydrogen) atoms. The Balaban J connectivity index is 1.39. The molecular formula is C19H26N4O7S2. The third-order valence-corrected chi connectivity index (χ3v) is 9.53. The molecule has 2 aliphatic heterocycles. The van der Waals surface area contributed by atoms with Crippen LogP contribution in [-0.2, 0) is 34.4 Å². The zero-order valence-corrected chi connectivity index (χ0v) is 19.1. The van der Waals surface area contributed by atoms with Gasteiger partial charge in [-0.05, 0) is 37.1 Å². The van der Waals surface area contributed by atoms with Crippen molar-refractivity contribution >= 4 is 31.9 Å². The number of rotatable bonds is 5. The molecule has 2 heterocycles. The van der Waals surface area contributed by atoms with Crippen molar-refractivity contribution in [2.75, 3.05) is 52.5 Å². The van der Waals surface area contributed by atoms with Gasteiger partial charge in [-0.15, -0.1) is 0 Å². The maximum absolute atomic E-state index is 13.0. The molecule has 1 aromatic carbocycles. The van der Waals surface area contributed by atoms with Crippen LogP contribution in [0, 0.1) is 0 Å².